The van der Waals surface area contributed by atoms with Crippen LogP contribution < -0.4 is 5.32 Å². The van der Waals surface area contributed by atoms with Crippen LogP contribution in [0.2, 0.25) is 0 Å². The molecule has 0 heterocycles. The van der Waals surface area contributed by atoms with Gasteiger partial charge in [0, 0.05) is 6.04 Å². The highest BCUT2D eigenvalue weighted by molar-refractivity contribution is 5.21. The molecule has 21 heavy (non-hydrogen) atoms. The Balaban J connectivity index is 2.23. The van der Waals surface area contributed by atoms with Gasteiger partial charge in [0.15, 0.2) is 11.6 Å². The predicted octanol–water partition coefficient (Wildman–Crippen LogP) is 5.76. The molecule has 0 saturated heterocycles. The maximum atomic E-state index is 13.3. The quantitative estimate of drug-likeness (QED) is 0.512. The van der Waals surface area contributed by atoms with Crippen molar-refractivity contribution in [2.75, 3.05) is 7.05 Å². The number of rotatable bonds is 11. The number of nitrogens with one attached hydrogen (secondary N) is 1. The number of hydrogen-bond donors (Lipinski definition) is 1. The molecule has 0 radical (unpaired) electrons. The molecule has 1 N–H and O–H groups in total. The third kappa shape index (κ3) is 7.03. The fourth-order valence-corrected chi connectivity index (χ4v) is 2.69. The van der Waals surface area contributed by atoms with E-state index in [0.29, 0.717) is 0 Å². The zero-order valence-corrected chi connectivity index (χ0v) is 13.4. The Hall–Kier alpha value is -0.960. The fraction of sp³-hybridized carbons (Fsp3) is 0.667. The molecule has 0 bridgehead atoms. The molecule has 1 aromatic rings. The lowest BCUT2D eigenvalue weighted by Gasteiger charge is -2.16. The minimum Gasteiger partial charge on any atom is -0.313 e. The molecule has 0 aliphatic rings. The number of hydrogen-bond acceptors (Lipinski definition) is 1. The lowest BCUT2D eigenvalue weighted by Crippen LogP contribution is -2.16. The van der Waals surface area contributed by atoms with Gasteiger partial charge in [-0.2, -0.15) is 0 Å². The van der Waals surface area contributed by atoms with E-state index in [1.54, 1.807) is 6.07 Å². The van der Waals surface area contributed by atoms with Gasteiger partial charge in [-0.05, 0) is 31.2 Å². The first-order valence-electron chi connectivity index (χ1n) is 8.31. The Labute approximate surface area is 128 Å². The third-order valence-corrected chi connectivity index (χ3v) is 4.04. The summed E-state index contributed by atoms with van der Waals surface area (Å²) in [6.07, 6.45) is 11.2. The van der Waals surface area contributed by atoms with E-state index in [4.69, 9.17) is 0 Å². The molecular formula is C18H29F2N. The average Bonchev–Trinajstić information content (AvgIpc) is 2.49. The van der Waals surface area contributed by atoms with Gasteiger partial charge in [-0.15, -0.1) is 0 Å². The molecule has 0 spiro atoms. The summed E-state index contributed by atoms with van der Waals surface area (Å²) < 4.78 is 26.2. The molecule has 120 valence electrons. The van der Waals surface area contributed by atoms with Crippen molar-refractivity contribution >= 4 is 0 Å². The van der Waals surface area contributed by atoms with E-state index >= 15 is 0 Å². The predicted molar refractivity (Wildman–Crippen MR) is 85.4 cm³/mol. The lowest BCUT2D eigenvalue weighted by molar-refractivity contribution is 0.480. The average molecular weight is 297 g/mol. The smallest absolute Gasteiger partial charge is 0.159 e. The summed E-state index contributed by atoms with van der Waals surface area (Å²) in [6.45, 7) is 2.23. The van der Waals surface area contributed by atoms with Crippen molar-refractivity contribution in [2.45, 2.75) is 70.8 Å². The first-order chi connectivity index (χ1) is 10.2. The molecular weight excluding hydrogens is 268 g/mol. The van der Waals surface area contributed by atoms with Crippen LogP contribution in [0.5, 0.6) is 0 Å². The summed E-state index contributed by atoms with van der Waals surface area (Å²) in [4.78, 5) is 0. The summed E-state index contributed by atoms with van der Waals surface area (Å²) in [5.41, 5.74) is 0.833. The second-order valence-electron chi connectivity index (χ2n) is 5.78. The molecule has 3 heteroatoms. The first-order valence-corrected chi connectivity index (χ1v) is 8.31. The largest absolute Gasteiger partial charge is 0.313 e. The van der Waals surface area contributed by atoms with E-state index in [9.17, 15) is 8.78 Å². The summed E-state index contributed by atoms with van der Waals surface area (Å²) >= 11 is 0. The van der Waals surface area contributed by atoms with E-state index in [1.807, 2.05) is 7.05 Å². The Kier molecular flexibility index (Phi) is 9.24. The second-order valence-corrected chi connectivity index (χ2v) is 5.78. The normalized spacial score (nSPS) is 12.6. The van der Waals surface area contributed by atoms with Crippen molar-refractivity contribution in [3.63, 3.8) is 0 Å². The van der Waals surface area contributed by atoms with Crippen LogP contribution in [-0.2, 0) is 0 Å². The molecule has 0 fully saturated rings. The van der Waals surface area contributed by atoms with E-state index in [2.05, 4.69) is 12.2 Å². The number of halogens is 2. The Morgan fingerprint density at radius 1 is 0.905 bits per heavy atom. The Bertz CT molecular complexity index is 393. The monoisotopic (exact) mass is 297 g/mol. The van der Waals surface area contributed by atoms with Gasteiger partial charge in [-0.3, -0.25) is 0 Å². The lowest BCUT2D eigenvalue weighted by atomic mass is 9.99. The van der Waals surface area contributed by atoms with Gasteiger partial charge in [0.25, 0.3) is 0 Å². The van der Waals surface area contributed by atoms with E-state index in [-0.39, 0.29) is 6.04 Å². The highest BCUT2D eigenvalue weighted by Gasteiger charge is 2.11. The molecule has 0 aliphatic carbocycles. The van der Waals surface area contributed by atoms with Crippen LogP contribution in [0.15, 0.2) is 18.2 Å². The molecule has 1 aromatic carbocycles. The van der Waals surface area contributed by atoms with Crippen molar-refractivity contribution < 1.29 is 8.78 Å². The van der Waals surface area contributed by atoms with Crippen LogP contribution in [0.4, 0.5) is 8.78 Å². The van der Waals surface area contributed by atoms with Crippen molar-refractivity contribution in [1.82, 2.24) is 5.32 Å². The first kappa shape index (κ1) is 18.1. The van der Waals surface area contributed by atoms with Gasteiger partial charge in [0.1, 0.15) is 0 Å². The Morgan fingerprint density at radius 3 is 2.10 bits per heavy atom. The standard InChI is InChI=1S/C18H29F2N/c1-3-4-5-6-7-8-9-10-11-18(21-2)15-12-13-16(19)17(20)14-15/h12-14,18,21H,3-11H2,1-2H3. The maximum Gasteiger partial charge on any atom is 0.159 e. The summed E-state index contributed by atoms with van der Waals surface area (Å²) in [5, 5.41) is 3.19. The van der Waals surface area contributed by atoms with Gasteiger partial charge in [0.2, 0.25) is 0 Å². The van der Waals surface area contributed by atoms with Gasteiger partial charge >= 0.3 is 0 Å². The van der Waals surface area contributed by atoms with Crippen LogP contribution in [0.25, 0.3) is 0 Å². The Morgan fingerprint density at radius 2 is 1.52 bits per heavy atom. The highest BCUT2D eigenvalue weighted by Crippen LogP contribution is 2.22. The van der Waals surface area contributed by atoms with Crippen molar-refractivity contribution in [3.05, 3.63) is 35.4 Å². The van der Waals surface area contributed by atoms with Crippen LogP contribution in [0.3, 0.4) is 0 Å². The van der Waals surface area contributed by atoms with E-state index in [0.717, 1.165) is 18.4 Å². The molecule has 1 atom stereocenters. The molecule has 1 unspecified atom stereocenters. The number of unbranched alkanes of at least 4 members (excludes halogenated alkanes) is 7. The second kappa shape index (κ2) is 10.7. The third-order valence-electron chi connectivity index (χ3n) is 4.04. The zero-order chi connectivity index (χ0) is 15.5. The van der Waals surface area contributed by atoms with Crippen molar-refractivity contribution in [1.29, 1.82) is 0 Å². The molecule has 1 rings (SSSR count). The van der Waals surface area contributed by atoms with Crippen molar-refractivity contribution in [2.24, 2.45) is 0 Å². The van der Waals surface area contributed by atoms with Crippen molar-refractivity contribution in [3.8, 4) is 0 Å². The van der Waals surface area contributed by atoms with Gasteiger partial charge < -0.3 is 5.32 Å². The topological polar surface area (TPSA) is 12.0 Å². The molecule has 1 nitrogen and oxygen atoms in total. The van der Waals surface area contributed by atoms with Crippen LogP contribution in [0.1, 0.15) is 76.3 Å². The SMILES string of the molecule is CCCCCCCCCCC(NC)c1ccc(F)c(F)c1. The van der Waals surface area contributed by atoms with Crippen LogP contribution in [-0.4, -0.2) is 7.05 Å². The summed E-state index contributed by atoms with van der Waals surface area (Å²) in [6, 6.07) is 4.30. The number of benzene rings is 1. The maximum absolute atomic E-state index is 13.3. The molecule has 0 aliphatic heterocycles. The minimum atomic E-state index is -0.777. The van der Waals surface area contributed by atoms with Gasteiger partial charge in [-0.25, -0.2) is 8.78 Å². The summed E-state index contributed by atoms with van der Waals surface area (Å²) in [5.74, 6) is -1.54. The highest BCUT2D eigenvalue weighted by atomic mass is 19.2. The van der Waals surface area contributed by atoms with Gasteiger partial charge in [-0.1, -0.05) is 64.4 Å². The fourth-order valence-electron chi connectivity index (χ4n) is 2.69. The van der Waals surface area contributed by atoms with Gasteiger partial charge in [0.05, 0.1) is 0 Å². The van der Waals surface area contributed by atoms with Crippen LogP contribution in [0, 0.1) is 11.6 Å². The van der Waals surface area contributed by atoms with E-state index in [1.165, 1.54) is 57.1 Å². The van der Waals surface area contributed by atoms with Crippen LogP contribution >= 0.6 is 0 Å². The zero-order valence-electron chi connectivity index (χ0n) is 13.4. The summed E-state index contributed by atoms with van der Waals surface area (Å²) in [7, 11) is 1.87. The molecule has 0 aromatic heterocycles. The molecule has 0 saturated carbocycles. The van der Waals surface area contributed by atoms with E-state index < -0.39 is 11.6 Å². The molecule has 0 amide bonds. The minimum absolute atomic E-state index is 0.111.